The third kappa shape index (κ3) is 10.7. The van der Waals surface area contributed by atoms with Crippen molar-refractivity contribution in [3.05, 3.63) is 23.8 Å². The molecule has 2 rings (SSSR count). The van der Waals surface area contributed by atoms with Gasteiger partial charge in [-0.2, -0.15) is 0 Å². The average Bonchev–Trinajstić information content (AvgIpc) is 2.91. The van der Waals surface area contributed by atoms with Crippen LogP contribution >= 0.6 is 0 Å². The summed E-state index contributed by atoms with van der Waals surface area (Å²) in [5.41, 5.74) is 6.46. The largest absolute Gasteiger partial charge is 0.513 e. The van der Waals surface area contributed by atoms with E-state index < -0.39 is 36.2 Å². The van der Waals surface area contributed by atoms with Crippen LogP contribution in [0.1, 0.15) is 78.2 Å². The van der Waals surface area contributed by atoms with Crippen LogP contribution in [-0.4, -0.2) is 55.2 Å². The van der Waals surface area contributed by atoms with E-state index in [1.807, 2.05) is 27.7 Å². The van der Waals surface area contributed by atoms with Crippen LogP contribution in [0.4, 0.5) is 9.59 Å². The minimum Gasteiger partial charge on any atom is -0.480 e. The number of carboxylic acids is 1. The van der Waals surface area contributed by atoms with Crippen LogP contribution in [0.15, 0.2) is 18.2 Å². The number of benzene rings is 1. The Morgan fingerprint density at radius 1 is 0.825 bits per heavy atom. The van der Waals surface area contributed by atoms with E-state index in [1.165, 1.54) is 18.2 Å². The molecule has 0 heterocycles. The van der Waals surface area contributed by atoms with Crippen LogP contribution < -0.4 is 15.2 Å². The van der Waals surface area contributed by atoms with Gasteiger partial charge in [0, 0.05) is 5.92 Å². The Labute approximate surface area is 235 Å². The highest BCUT2D eigenvalue weighted by molar-refractivity contribution is 5.75. The third-order valence-electron chi connectivity index (χ3n) is 6.52. The summed E-state index contributed by atoms with van der Waals surface area (Å²) in [5.74, 6) is -3.24. The number of carbonyl (C=O) groups excluding carboxylic acids is 3. The number of hydrogen-bond donors (Lipinski definition) is 2. The summed E-state index contributed by atoms with van der Waals surface area (Å²) >= 11 is 0. The maximum absolute atomic E-state index is 12.6. The fourth-order valence-corrected chi connectivity index (χ4v) is 4.42. The van der Waals surface area contributed by atoms with E-state index in [9.17, 15) is 24.3 Å². The lowest BCUT2D eigenvalue weighted by atomic mass is 9.82. The molecule has 0 spiro atoms. The molecule has 11 nitrogen and oxygen atoms in total. The van der Waals surface area contributed by atoms with Gasteiger partial charge in [-0.05, 0) is 48.3 Å². The van der Waals surface area contributed by atoms with E-state index in [2.05, 4.69) is 0 Å². The normalized spacial score (nSPS) is 16.1. The third-order valence-corrected chi connectivity index (χ3v) is 6.52. The summed E-state index contributed by atoms with van der Waals surface area (Å²) in [5, 5.41) is 9.73. The molecule has 1 aromatic carbocycles. The van der Waals surface area contributed by atoms with Gasteiger partial charge in [-0.1, -0.05) is 59.9 Å². The van der Waals surface area contributed by atoms with Gasteiger partial charge in [0.15, 0.2) is 11.5 Å². The number of ether oxygens (including phenoxy) is 5. The van der Waals surface area contributed by atoms with Crippen molar-refractivity contribution >= 4 is 24.2 Å². The summed E-state index contributed by atoms with van der Waals surface area (Å²) in [6.07, 6.45) is 2.58. The Morgan fingerprint density at radius 2 is 1.38 bits per heavy atom. The van der Waals surface area contributed by atoms with Crippen LogP contribution in [0.25, 0.3) is 0 Å². The van der Waals surface area contributed by atoms with E-state index in [-0.39, 0.29) is 55.0 Å². The van der Waals surface area contributed by atoms with Gasteiger partial charge in [0.2, 0.25) is 0 Å². The van der Waals surface area contributed by atoms with Crippen molar-refractivity contribution in [2.24, 2.45) is 29.4 Å². The Morgan fingerprint density at radius 3 is 1.90 bits per heavy atom. The Kier molecular flexibility index (Phi) is 13.2. The molecular weight excluding hydrogens is 522 g/mol. The second-order valence-corrected chi connectivity index (χ2v) is 11.2. The Hall–Kier alpha value is -3.34. The van der Waals surface area contributed by atoms with Gasteiger partial charge in [-0.25, -0.2) is 9.59 Å². The first kappa shape index (κ1) is 32.9. The van der Waals surface area contributed by atoms with Gasteiger partial charge in [-0.15, -0.1) is 0 Å². The number of nitrogens with two attached hydrogens (primary N) is 1. The lowest BCUT2D eigenvalue weighted by Crippen LogP contribution is -2.41. The van der Waals surface area contributed by atoms with Crippen molar-refractivity contribution < 1.29 is 48.0 Å². The average molecular weight is 566 g/mol. The highest BCUT2D eigenvalue weighted by Gasteiger charge is 2.33. The number of carboxylic acid groups (broad SMARTS) is 1. The second kappa shape index (κ2) is 16.1. The van der Waals surface area contributed by atoms with Gasteiger partial charge in [0.05, 0.1) is 25.7 Å². The van der Waals surface area contributed by atoms with Gasteiger partial charge >= 0.3 is 24.2 Å². The maximum Gasteiger partial charge on any atom is 0.513 e. The molecule has 0 bridgehead atoms. The number of rotatable bonds is 13. The first-order valence-corrected chi connectivity index (χ1v) is 13.9. The fraction of sp³-hybridized carbons (Fsp3) is 0.655. The smallest absolute Gasteiger partial charge is 0.480 e. The van der Waals surface area contributed by atoms with Crippen molar-refractivity contribution in [1.29, 1.82) is 0 Å². The molecule has 3 atom stereocenters. The lowest BCUT2D eigenvalue weighted by Gasteiger charge is -2.29. The van der Waals surface area contributed by atoms with Crippen LogP contribution in [0.2, 0.25) is 0 Å². The van der Waals surface area contributed by atoms with Crippen molar-refractivity contribution in [3.63, 3.8) is 0 Å². The molecule has 1 aliphatic carbocycles. The minimum absolute atomic E-state index is 0.0482. The predicted octanol–water partition coefficient (Wildman–Crippen LogP) is 5.28. The van der Waals surface area contributed by atoms with Crippen molar-refractivity contribution in [3.8, 4) is 11.5 Å². The standard InChI is InChI=1S/C29H43NO10/c1-17(2)14-37-28(34)39-22-12-11-21(13-23(22)40-29(35)38-15-18(3)4)24(25(30)26(31)32)19(5)16-36-27(33)20-9-7-6-8-10-20/h11-13,17-20,24-25H,6-10,14-16,30H2,1-5H3,(H,31,32)/t19?,24?,25-/m0/s1. The van der Waals surface area contributed by atoms with E-state index in [4.69, 9.17) is 29.4 Å². The van der Waals surface area contributed by atoms with Crippen molar-refractivity contribution in [1.82, 2.24) is 0 Å². The molecular formula is C29H43NO10. The first-order chi connectivity index (χ1) is 18.9. The molecule has 2 unspecified atom stereocenters. The molecule has 0 aromatic heterocycles. The molecule has 0 aliphatic heterocycles. The summed E-state index contributed by atoms with van der Waals surface area (Å²) in [4.78, 5) is 49.1. The zero-order chi connectivity index (χ0) is 29.8. The van der Waals surface area contributed by atoms with E-state index >= 15 is 0 Å². The summed E-state index contributed by atoms with van der Waals surface area (Å²) in [6.45, 7) is 9.33. The number of esters is 1. The molecule has 3 N–H and O–H groups in total. The van der Waals surface area contributed by atoms with Crippen LogP contribution in [-0.2, 0) is 23.8 Å². The minimum atomic E-state index is -1.37. The highest BCUT2D eigenvalue weighted by atomic mass is 16.7. The van der Waals surface area contributed by atoms with Crippen LogP contribution in [0, 0.1) is 23.7 Å². The second-order valence-electron chi connectivity index (χ2n) is 11.2. The number of hydrogen-bond acceptors (Lipinski definition) is 10. The molecule has 0 radical (unpaired) electrons. The van der Waals surface area contributed by atoms with Crippen molar-refractivity contribution in [2.45, 2.75) is 78.7 Å². The molecule has 11 heteroatoms. The molecule has 1 aliphatic rings. The van der Waals surface area contributed by atoms with Gasteiger partial charge in [0.25, 0.3) is 0 Å². The Bertz CT molecular complexity index is 1000. The van der Waals surface area contributed by atoms with E-state index in [0.717, 1.165) is 32.1 Å². The SMILES string of the molecule is CC(C)COC(=O)Oc1ccc(C(C(C)COC(=O)C2CCCCC2)[C@H](N)C(=O)O)cc1OC(=O)OCC(C)C. The molecule has 1 saturated carbocycles. The monoisotopic (exact) mass is 565 g/mol. The maximum atomic E-state index is 12.6. The van der Waals surface area contributed by atoms with Gasteiger partial charge in [-0.3, -0.25) is 9.59 Å². The quantitative estimate of drug-likeness (QED) is 0.182. The molecule has 1 aromatic rings. The zero-order valence-corrected chi connectivity index (χ0v) is 24.1. The van der Waals surface area contributed by atoms with Gasteiger partial charge < -0.3 is 34.5 Å². The molecule has 224 valence electrons. The highest BCUT2D eigenvalue weighted by Crippen LogP contribution is 2.36. The summed E-state index contributed by atoms with van der Waals surface area (Å²) < 4.78 is 26.3. The van der Waals surface area contributed by atoms with E-state index in [1.54, 1.807) is 6.92 Å². The fourth-order valence-electron chi connectivity index (χ4n) is 4.42. The van der Waals surface area contributed by atoms with Crippen LogP contribution in [0.3, 0.4) is 0 Å². The molecule has 0 saturated heterocycles. The number of carbonyl (C=O) groups is 4. The van der Waals surface area contributed by atoms with Gasteiger partial charge in [0.1, 0.15) is 6.04 Å². The van der Waals surface area contributed by atoms with Crippen molar-refractivity contribution in [2.75, 3.05) is 19.8 Å². The molecule has 0 amide bonds. The molecule has 1 fully saturated rings. The topological polar surface area (TPSA) is 161 Å². The predicted molar refractivity (Wildman–Crippen MR) is 145 cm³/mol. The summed E-state index contributed by atoms with van der Waals surface area (Å²) in [6, 6.07) is 2.88. The Balaban J connectivity index is 2.31. The summed E-state index contributed by atoms with van der Waals surface area (Å²) in [7, 11) is 0. The lowest BCUT2D eigenvalue weighted by molar-refractivity contribution is -0.151. The van der Waals surface area contributed by atoms with E-state index in [0.29, 0.717) is 5.56 Å². The van der Waals surface area contributed by atoms with Crippen LogP contribution in [0.5, 0.6) is 11.5 Å². The number of aliphatic carboxylic acids is 1. The molecule has 40 heavy (non-hydrogen) atoms. The first-order valence-electron chi connectivity index (χ1n) is 13.9. The zero-order valence-electron chi connectivity index (χ0n) is 24.1.